The lowest BCUT2D eigenvalue weighted by molar-refractivity contribution is -0.118. The topological polar surface area (TPSA) is 105 Å². The van der Waals surface area contributed by atoms with Crippen LogP contribution in [-0.2, 0) is 10.5 Å². The third-order valence-electron chi connectivity index (χ3n) is 5.25. The van der Waals surface area contributed by atoms with Crippen molar-refractivity contribution >= 4 is 28.9 Å². The van der Waals surface area contributed by atoms with E-state index in [1.165, 1.54) is 4.90 Å². The lowest BCUT2D eigenvalue weighted by atomic mass is 9.92. The van der Waals surface area contributed by atoms with Crippen LogP contribution in [-0.4, -0.2) is 23.5 Å². The van der Waals surface area contributed by atoms with E-state index in [0.717, 1.165) is 0 Å². The molecule has 0 aliphatic carbocycles. The minimum atomic E-state index is -1.81. The fraction of sp³-hybridized carbons (Fsp3) is 0.0909. The molecule has 3 aromatic rings. The van der Waals surface area contributed by atoms with Gasteiger partial charge < -0.3 is 20.9 Å². The predicted molar refractivity (Wildman–Crippen MR) is 108 cm³/mol. The number of nitrogens with zero attached hydrogens (tertiary/aromatic N) is 1. The number of hydrogen-bond acceptors (Lipinski definition) is 5. The summed E-state index contributed by atoms with van der Waals surface area (Å²) in [5.74, 6) is -0.145. The summed E-state index contributed by atoms with van der Waals surface area (Å²) in [6.07, 6.45) is 0. The Bertz CT molecular complexity index is 1180. The number of benzene rings is 3. The van der Waals surface area contributed by atoms with Gasteiger partial charge in [-0.2, -0.15) is 0 Å². The number of nitrogen functional groups attached to an aromatic ring is 1. The zero-order valence-electron chi connectivity index (χ0n) is 15.3. The molecule has 2 aliphatic rings. The molecule has 2 heterocycles. The average Bonchev–Trinajstić information content (AvgIpc) is 2.96. The van der Waals surface area contributed by atoms with Crippen LogP contribution in [0.2, 0.25) is 0 Å². The van der Waals surface area contributed by atoms with Crippen molar-refractivity contribution in [1.29, 1.82) is 0 Å². The Morgan fingerprint density at radius 1 is 1.03 bits per heavy atom. The van der Waals surface area contributed by atoms with Crippen LogP contribution in [0.3, 0.4) is 0 Å². The van der Waals surface area contributed by atoms with Crippen LogP contribution >= 0.6 is 0 Å². The van der Waals surface area contributed by atoms with Crippen molar-refractivity contribution in [2.75, 3.05) is 22.6 Å². The third-order valence-corrected chi connectivity index (χ3v) is 5.25. The Morgan fingerprint density at radius 2 is 1.79 bits per heavy atom. The minimum Gasteiger partial charge on any atom is -0.482 e. The van der Waals surface area contributed by atoms with Crippen LogP contribution in [0.4, 0.5) is 17.1 Å². The number of para-hydroxylation sites is 2. The Morgan fingerprint density at radius 3 is 2.62 bits per heavy atom. The first-order chi connectivity index (χ1) is 14.0. The van der Waals surface area contributed by atoms with E-state index in [9.17, 15) is 14.7 Å². The summed E-state index contributed by atoms with van der Waals surface area (Å²) in [5.41, 5.74) is 6.77. The molecule has 0 saturated heterocycles. The maximum absolute atomic E-state index is 13.3. The molecule has 0 radical (unpaired) electrons. The molecule has 0 saturated carbocycles. The van der Waals surface area contributed by atoms with E-state index >= 15 is 0 Å². The van der Waals surface area contributed by atoms with Crippen molar-refractivity contribution in [3.8, 4) is 5.75 Å². The zero-order chi connectivity index (χ0) is 20.2. The monoisotopic (exact) mass is 387 g/mol. The highest BCUT2D eigenvalue weighted by Gasteiger charge is 2.51. The number of carbonyl (C=O) groups is 2. The first-order valence-corrected chi connectivity index (χ1v) is 9.08. The number of anilines is 3. The molecular weight excluding hydrogens is 370 g/mol. The second kappa shape index (κ2) is 6.08. The number of amides is 2. The summed E-state index contributed by atoms with van der Waals surface area (Å²) in [6, 6.07) is 18.7. The van der Waals surface area contributed by atoms with E-state index in [-0.39, 0.29) is 18.4 Å². The molecule has 3 aromatic carbocycles. The quantitative estimate of drug-likeness (QED) is 0.586. The smallest absolute Gasteiger partial charge is 0.262 e. The molecule has 0 aromatic heterocycles. The lowest BCUT2D eigenvalue weighted by Crippen LogP contribution is -2.45. The Hall–Kier alpha value is -3.84. The van der Waals surface area contributed by atoms with Crippen molar-refractivity contribution in [2.24, 2.45) is 0 Å². The van der Waals surface area contributed by atoms with Gasteiger partial charge in [0.1, 0.15) is 5.75 Å². The van der Waals surface area contributed by atoms with Crippen molar-refractivity contribution in [1.82, 2.24) is 0 Å². The molecule has 1 atom stereocenters. The van der Waals surface area contributed by atoms with Crippen molar-refractivity contribution < 1.29 is 19.4 Å². The Labute approximate surface area is 166 Å². The number of carbonyl (C=O) groups excluding carboxylic acids is 2. The zero-order valence-corrected chi connectivity index (χ0v) is 15.3. The second-order valence-electron chi connectivity index (χ2n) is 6.96. The molecule has 4 N–H and O–H groups in total. The van der Waals surface area contributed by atoms with Crippen molar-refractivity contribution in [3.63, 3.8) is 0 Å². The van der Waals surface area contributed by atoms with Gasteiger partial charge in [-0.1, -0.05) is 30.3 Å². The fourth-order valence-corrected chi connectivity index (χ4v) is 3.92. The van der Waals surface area contributed by atoms with Gasteiger partial charge in [-0.15, -0.1) is 0 Å². The average molecular weight is 387 g/mol. The first kappa shape index (κ1) is 17.3. The summed E-state index contributed by atoms with van der Waals surface area (Å²) >= 11 is 0. The number of fused-ring (bicyclic) bond motifs is 2. The Kier molecular flexibility index (Phi) is 3.62. The standard InChI is InChI=1S/C22H17N3O4/c23-16-7-3-4-8-18(16)25-21(27)14-5-1-2-6-15(14)22(25,28)13-9-10-19-17(11-13)24-20(26)12-29-19/h1-11,28H,12,23H2,(H,24,26). The van der Waals surface area contributed by atoms with E-state index in [0.29, 0.717) is 39.5 Å². The van der Waals surface area contributed by atoms with Crippen LogP contribution in [0.5, 0.6) is 5.75 Å². The molecule has 29 heavy (non-hydrogen) atoms. The number of rotatable bonds is 2. The van der Waals surface area contributed by atoms with Crippen LogP contribution in [0.25, 0.3) is 0 Å². The molecular formula is C22H17N3O4. The van der Waals surface area contributed by atoms with Gasteiger partial charge in [-0.25, -0.2) is 0 Å². The van der Waals surface area contributed by atoms with E-state index in [1.807, 2.05) is 0 Å². The minimum absolute atomic E-state index is 0.0649. The van der Waals surface area contributed by atoms with Crippen LogP contribution in [0.15, 0.2) is 66.7 Å². The molecule has 7 nitrogen and oxygen atoms in total. The van der Waals surface area contributed by atoms with Crippen LogP contribution in [0, 0.1) is 0 Å². The van der Waals surface area contributed by atoms with E-state index in [4.69, 9.17) is 10.5 Å². The number of nitrogens with two attached hydrogens (primary N) is 1. The number of hydrogen-bond donors (Lipinski definition) is 3. The summed E-state index contributed by atoms with van der Waals surface area (Å²) in [5, 5.41) is 14.7. The van der Waals surface area contributed by atoms with Gasteiger partial charge in [0.15, 0.2) is 12.3 Å². The Balaban J connectivity index is 1.75. The number of nitrogens with one attached hydrogen (secondary N) is 1. The fourth-order valence-electron chi connectivity index (χ4n) is 3.92. The normalized spacial score (nSPS) is 20.0. The van der Waals surface area contributed by atoms with E-state index < -0.39 is 5.72 Å². The number of ether oxygens (including phenoxy) is 1. The molecule has 2 amide bonds. The van der Waals surface area contributed by atoms with E-state index in [1.54, 1.807) is 66.7 Å². The molecule has 144 valence electrons. The van der Waals surface area contributed by atoms with Gasteiger partial charge in [-0.3, -0.25) is 14.5 Å². The number of aliphatic hydroxyl groups is 1. The maximum Gasteiger partial charge on any atom is 0.262 e. The first-order valence-electron chi connectivity index (χ1n) is 9.08. The van der Waals surface area contributed by atoms with Gasteiger partial charge >= 0.3 is 0 Å². The molecule has 2 aliphatic heterocycles. The molecule has 0 fully saturated rings. The SMILES string of the molecule is Nc1ccccc1N1C(=O)c2ccccc2C1(O)c1ccc2c(c1)NC(=O)CO2. The van der Waals surface area contributed by atoms with Crippen molar-refractivity contribution in [3.05, 3.63) is 83.4 Å². The largest absolute Gasteiger partial charge is 0.482 e. The summed E-state index contributed by atoms with van der Waals surface area (Å²) in [6.45, 7) is -0.0649. The van der Waals surface area contributed by atoms with Crippen LogP contribution in [0.1, 0.15) is 21.5 Å². The van der Waals surface area contributed by atoms with E-state index in [2.05, 4.69) is 5.32 Å². The lowest BCUT2D eigenvalue weighted by Gasteiger charge is -2.36. The summed E-state index contributed by atoms with van der Waals surface area (Å²) < 4.78 is 5.41. The highest BCUT2D eigenvalue weighted by atomic mass is 16.5. The highest BCUT2D eigenvalue weighted by molar-refractivity contribution is 6.13. The molecule has 0 spiro atoms. The molecule has 5 rings (SSSR count). The van der Waals surface area contributed by atoms with Crippen LogP contribution < -0.4 is 20.7 Å². The van der Waals surface area contributed by atoms with Gasteiger partial charge in [-0.05, 0) is 36.4 Å². The second-order valence-corrected chi connectivity index (χ2v) is 6.96. The predicted octanol–water partition coefficient (Wildman–Crippen LogP) is 2.45. The third kappa shape index (κ3) is 2.41. The highest BCUT2D eigenvalue weighted by Crippen LogP contribution is 2.47. The van der Waals surface area contributed by atoms with Gasteiger partial charge in [0.2, 0.25) is 0 Å². The summed E-state index contributed by atoms with van der Waals surface area (Å²) in [7, 11) is 0. The summed E-state index contributed by atoms with van der Waals surface area (Å²) in [4.78, 5) is 26.3. The van der Waals surface area contributed by atoms with Gasteiger partial charge in [0.25, 0.3) is 11.8 Å². The van der Waals surface area contributed by atoms with Crippen molar-refractivity contribution in [2.45, 2.75) is 5.72 Å². The maximum atomic E-state index is 13.3. The molecule has 7 heteroatoms. The van der Waals surface area contributed by atoms with Gasteiger partial charge in [0, 0.05) is 16.7 Å². The van der Waals surface area contributed by atoms with Gasteiger partial charge in [0.05, 0.1) is 17.1 Å². The molecule has 0 bridgehead atoms. The molecule has 1 unspecified atom stereocenters.